The van der Waals surface area contributed by atoms with Crippen LogP contribution in [-0.4, -0.2) is 78.3 Å². The van der Waals surface area contributed by atoms with E-state index in [9.17, 15) is 28.4 Å². The van der Waals surface area contributed by atoms with Crippen LogP contribution in [0.25, 0.3) is 22.1 Å². The minimum absolute atomic E-state index is 0.0764. The van der Waals surface area contributed by atoms with Crippen molar-refractivity contribution in [1.29, 1.82) is 0 Å². The fourth-order valence-electron chi connectivity index (χ4n) is 5.35. The third-order valence-corrected chi connectivity index (χ3v) is 9.56. The van der Waals surface area contributed by atoms with Crippen molar-refractivity contribution in [3.8, 4) is 11.6 Å². The number of hydrogen-bond donors (Lipinski definition) is 4. The molecule has 0 aliphatic carbocycles. The molecule has 50 heavy (non-hydrogen) atoms. The van der Waals surface area contributed by atoms with Gasteiger partial charge in [0.2, 0.25) is 11.8 Å². The van der Waals surface area contributed by atoms with Crippen LogP contribution in [0.5, 0.6) is 11.6 Å². The molecule has 5 aromatic rings. The van der Waals surface area contributed by atoms with Gasteiger partial charge in [-0.3, -0.25) is 18.9 Å². The van der Waals surface area contributed by atoms with E-state index in [-0.39, 0.29) is 34.3 Å². The predicted octanol–water partition coefficient (Wildman–Crippen LogP) is 3.18. The Balaban J connectivity index is 1.23. The maximum atomic E-state index is 14.4. The van der Waals surface area contributed by atoms with E-state index in [4.69, 9.17) is 29.0 Å². The number of nitrogens with two attached hydrogens (primary N) is 1. The van der Waals surface area contributed by atoms with Crippen molar-refractivity contribution >= 4 is 41.7 Å². The number of pyridine rings is 1. The van der Waals surface area contributed by atoms with Crippen LogP contribution in [0.3, 0.4) is 0 Å². The summed E-state index contributed by atoms with van der Waals surface area (Å²) in [4.78, 5) is 29.6. The maximum absolute atomic E-state index is 14.4. The highest BCUT2D eigenvalue weighted by Crippen LogP contribution is 2.48. The number of benzene rings is 2. The molecule has 6 atom stereocenters. The molecule has 4 heterocycles. The van der Waals surface area contributed by atoms with Gasteiger partial charge in [-0.2, -0.15) is 15.1 Å². The molecular formula is C31H32F2N7O9P. The summed E-state index contributed by atoms with van der Waals surface area (Å²) in [5.74, 6) is -2.67. The van der Waals surface area contributed by atoms with Gasteiger partial charge in [0.05, 0.1) is 25.6 Å². The van der Waals surface area contributed by atoms with Crippen LogP contribution in [0.2, 0.25) is 0 Å². The lowest BCUT2D eigenvalue weighted by Crippen LogP contribution is -2.44. The number of rotatable bonds is 12. The number of fused-ring (bicyclic) bond motifs is 2. The average molecular weight is 716 g/mol. The first-order valence-electron chi connectivity index (χ1n) is 15.1. The Morgan fingerprint density at radius 2 is 2.00 bits per heavy atom. The lowest BCUT2D eigenvalue weighted by atomic mass is 9.96. The summed E-state index contributed by atoms with van der Waals surface area (Å²) in [6.07, 6.45) is -1.37. The molecule has 6 rings (SSSR count). The molecular weight excluding hydrogens is 683 g/mol. The van der Waals surface area contributed by atoms with Gasteiger partial charge in [0.1, 0.15) is 47.8 Å². The number of nitrogens with one attached hydrogen (secondary N) is 1. The Hall–Kier alpha value is -4.84. The van der Waals surface area contributed by atoms with Crippen molar-refractivity contribution in [2.75, 3.05) is 19.5 Å². The van der Waals surface area contributed by atoms with E-state index in [2.05, 4.69) is 25.0 Å². The van der Waals surface area contributed by atoms with E-state index in [0.717, 1.165) is 12.1 Å². The standard InChI is InChI=1S/C31H32F2N7O9P/c1-16(28(42)46-13-17-9-10-18(32)12-20(17)33)39-50(44,49-22-8-4-7-21-19(22)6-5-11-35-21)47-14-23-25(41)31(2,43)29(48-23)40-15-36-24-26(40)37-30(34)38-27(24)45-3/h4-12,15-16,23,25,29,41,43H,13-14H2,1-3H3,(H,39,44)(H2,34,37,38)/t16?,23-,25-,29?,31-,50?/m1/s1. The Labute approximate surface area is 282 Å². The number of imidazole rings is 1. The number of methoxy groups -OCH3 is 1. The van der Waals surface area contributed by atoms with Crippen LogP contribution in [-0.2, 0) is 30.0 Å². The molecule has 1 aliphatic rings. The highest BCUT2D eigenvalue weighted by molar-refractivity contribution is 7.52. The number of aliphatic hydroxyl groups excluding tert-OH is 1. The van der Waals surface area contributed by atoms with Crippen molar-refractivity contribution in [1.82, 2.24) is 29.6 Å². The normalized spacial score (nSPS) is 22.3. The van der Waals surface area contributed by atoms with E-state index in [1.54, 1.807) is 30.5 Å². The van der Waals surface area contributed by atoms with Gasteiger partial charge in [0, 0.05) is 23.2 Å². The molecule has 5 N–H and O–H groups in total. The molecule has 0 bridgehead atoms. The minimum Gasteiger partial charge on any atom is -0.479 e. The number of ether oxygens (including phenoxy) is 3. The van der Waals surface area contributed by atoms with Crippen LogP contribution < -0.4 is 20.1 Å². The van der Waals surface area contributed by atoms with Crippen LogP contribution in [0.1, 0.15) is 25.6 Å². The van der Waals surface area contributed by atoms with Gasteiger partial charge < -0.3 is 34.7 Å². The van der Waals surface area contributed by atoms with Crippen LogP contribution in [0.4, 0.5) is 14.7 Å². The molecule has 0 radical (unpaired) electrons. The monoisotopic (exact) mass is 715 g/mol. The molecule has 1 saturated heterocycles. The second-order valence-corrected chi connectivity index (χ2v) is 13.2. The van der Waals surface area contributed by atoms with Gasteiger partial charge in [-0.25, -0.2) is 18.3 Å². The zero-order valence-electron chi connectivity index (χ0n) is 26.8. The summed E-state index contributed by atoms with van der Waals surface area (Å²) in [6, 6.07) is 9.56. The molecule has 0 spiro atoms. The van der Waals surface area contributed by atoms with Crippen molar-refractivity contribution in [2.24, 2.45) is 0 Å². The molecule has 2 aromatic carbocycles. The summed E-state index contributed by atoms with van der Waals surface area (Å²) >= 11 is 0. The zero-order chi connectivity index (χ0) is 35.8. The quantitative estimate of drug-likeness (QED) is 0.108. The van der Waals surface area contributed by atoms with Crippen molar-refractivity contribution in [3.05, 3.63) is 78.3 Å². The highest BCUT2D eigenvalue weighted by Gasteiger charge is 2.54. The first-order chi connectivity index (χ1) is 23.8. The number of aromatic nitrogens is 5. The summed E-state index contributed by atoms with van der Waals surface area (Å²) in [7, 11) is -3.20. The smallest absolute Gasteiger partial charge is 0.459 e. The second kappa shape index (κ2) is 13.8. The first kappa shape index (κ1) is 35.0. The van der Waals surface area contributed by atoms with Crippen LogP contribution in [0, 0.1) is 11.6 Å². The number of nitrogens with zero attached hydrogens (tertiary/aromatic N) is 5. The third kappa shape index (κ3) is 6.94. The zero-order valence-corrected chi connectivity index (χ0v) is 27.7. The van der Waals surface area contributed by atoms with Gasteiger partial charge in [0.25, 0.3) is 0 Å². The summed E-state index contributed by atoms with van der Waals surface area (Å²) in [6.45, 7) is 1.45. The number of aliphatic hydroxyl groups is 2. The van der Waals surface area contributed by atoms with E-state index in [0.29, 0.717) is 17.0 Å². The van der Waals surface area contributed by atoms with Gasteiger partial charge in [-0.05, 0) is 50.2 Å². The number of carbonyl (C=O) groups is 1. The first-order valence-corrected chi connectivity index (χ1v) is 16.6. The lowest BCUT2D eigenvalue weighted by Gasteiger charge is -2.27. The van der Waals surface area contributed by atoms with Crippen LogP contribution in [0.15, 0.2) is 61.1 Å². The van der Waals surface area contributed by atoms with E-state index in [1.165, 1.54) is 37.9 Å². The Morgan fingerprint density at radius 1 is 1.20 bits per heavy atom. The number of hydrogen-bond acceptors (Lipinski definition) is 14. The number of carbonyl (C=O) groups excluding carboxylic acids is 1. The van der Waals surface area contributed by atoms with E-state index < -0.39 is 68.6 Å². The Kier molecular flexibility index (Phi) is 9.67. The molecule has 1 aliphatic heterocycles. The Bertz CT molecular complexity index is 2100. The molecule has 1 fully saturated rings. The van der Waals surface area contributed by atoms with Crippen molar-refractivity contribution in [2.45, 2.75) is 50.5 Å². The topological polar surface area (TPSA) is 215 Å². The number of anilines is 1. The largest absolute Gasteiger partial charge is 0.479 e. The molecule has 0 amide bonds. The van der Waals surface area contributed by atoms with Gasteiger partial charge in [-0.1, -0.05) is 6.07 Å². The summed E-state index contributed by atoms with van der Waals surface area (Å²) < 4.78 is 71.2. The molecule has 3 unspecified atom stereocenters. The fourth-order valence-corrected chi connectivity index (χ4v) is 6.87. The molecule has 264 valence electrons. The molecule has 3 aromatic heterocycles. The third-order valence-electron chi connectivity index (χ3n) is 7.93. The van der Waals surface area contributed by atoms with E-state index in [1.807, 2.05) is 0 Å². The van der Waals surface area contributed by atoms with Gasteiger partial charge in [-0.15, -0.1) is 0 Å². The predicted molar refractivity (Wildman–Crippen MR) is 172 cm³/mol. The number of halogens is 2. The van der Waals surface area contributed by atoms with E-state index >= 15 is 0 Å². The highest BCUT2D eigenvalue weighted by atomic mass is 31.2. The Morgan fingerprint density at radius 3 is 2.76 bits per heavy atom. The summed E-state index contributed by atoms with van der Waals surface area (Å²) in [5.41, 5.74) is 4.63. The van der Waals surface area contributed by atoms with Gasteiger partial charge >= 0.3 is 13.7 Å². The average Bonchev–Trinajstić information content (AvgIpc) is 3.59. The molecule has 0 saturated carbocycles. The number of nitrogen functional groups attached to an aromatic ring is 1. The fraction of sp³-hybridized carbons (Fsp3) is 0.323. The second-order valence-electron chi connectivity index (χ2n) is 11.5. The minimum atomic E-state index is -4.57. The molecule has 16 nitrogen and oxygen atoms in total. The summed E-state index contributed by atoms with van der Waals surface area (Å²) in [5, 5.41) is 25.5. The molecule has 19 heteroatoms. The van der Waals surface area contributed by atoms with Crippen LogP contribution >= 0.6 is 7.75 Å². The van der Waals surface area contributed by atoms with Crippen molar-refractivity contribution < 1.29 is 51.6 Å². The SMILES string of the molecule is COc1nc(N)nc2c1ncn2C1O[C@H](COP(=O)(NC(C)C(=O)OCc2ccc(F)cc2F)Oc2cccc3ncccc23)[C@@H](O)[C@@]1(C)O. The number of esters is 1. The lowest BCUT2D eigenvalue weighted by molar-refractivity contribution is -0.146. The maximum Gasteiger partial charge on any atom is 0.459 e. The van der Waals surface area contributed by atoms with Gasteiger partial charge in [0.15, 0.2) is 17.4 Å². The van der Waals surface area contributed by atoms with Crippen molar-refractivity contribution in [3.63, 3.8) is 0 Å².